The van der Waals surface area contributed by atoms with Gasteiger partial charge < -0.3 is 20.4 Å². The van der Waals surface area contributed by atoms with Gasteiger partial charge in [0.1, 0.15) is 6.61 Å². The number of ether oxygens (including phenoxy) is 1. The Labute approximate surface area is 229 Å². The number of carbonyl (C=O) groups excluding carboxylic acids is 1. The van der Waals surface area contributed by atoms with Crippen LogP contribution in [0.4, 0.5) is 4.79 Å². The average Bonchev–Trinajstić information content (AvgIpc) is 2.92. The van der Waals surface area contributed by atoms with Gasteiger partial charge in [-0.15, -0.1) is 0 Å². The molecule has 11 heteroatoms. The van der Waals surface area contributed by atoms with Crippen LogP contribution < -0.4 is 5.32 Å². The Morgan fingerprint density at radius 3 is 2.31 bits per heavy atom. The second-order valence-electron chi connectivity index (χ2n) is 9.47. The van der Waals surface area contributed by atoms with Crippen LogP contribution in [0.1, 0.15) is 30.5 Å². The van der Waals surface area contributed by atoms with Crippen molar-refractivity contribution in [1.82, 2.24) is 14.6 Å². The molecule has 0 aliphatic carbocycles. The van der Waals surface area contributed by atoms with Crippen molar-refractivity contribution >= 4 is 22.3 Å². The van der Waals surface area contributed by atoms with Crippen LogP contribution >= 0.6 is 0 Å². The standard InChI is InChI=1S/C28H34N4O6S/c1-21(2)18-32(39(36,37)25-10-8-23(9-11-25)17-30-35)19-27(33)26(16-22-6-4-3-5-7-22)31-28(34)38-20-24-12-14-29-15-13-24/h3-15,17,21,26-27,33,35H,16,18-20H2,1-2H3,(H,31,34)/b30-17+/t26-,27+/m0/s1. The molecule has 0 unspecified atom stereocenters. The molecule has 3 rings (SSSR count). The van der Waals surface area contributed by atoms with E-state index in [1.807, 2.05) is 44.2 Å². The zero-order chi connectivity index (χ0) is 28.3. The number of aliphatic hydroxyl groups excluding tert-OH is 1. The van der Waals surface area contributed by atoms with Gasteiger partial charge in [-0.25, -0.2) is 13.2 Å². The lowest BCUT2D eigenvalue weighted by molar-refractivity contribution is 0.0873. The second kappa shape index (κ2) is 14.4. The normalized spacial score (nSPS) is 13.5. The first-order valence-electron chi connectivity index (χ1n) is 12.5. The number of aromatic nitrogens is 1. The van der Waals surface area contributed by atoms with Crippen LogP contribution in [-0.4, -0.2) is 65.6 Å². The Hall–Kier alpha value is -3.80. The van der Waals surface area contributed by atoms with Crippen molar-refractivity contribution in [2.24, 2.45) is 11.1 Å². The number of oxime groups is 1. The maximum absolute atomic E-state index is 13.5. The molecular formula is C28H34N4O6S. The van der Waals surface area contributed by atoms with Crippen LogP contribution in [0.25, 0.3) is 0 Å². The molecule has 3 aromatic rings. The van der Waals surface area contributed by atoms with Gasteiger partial charge in [0.25, 0.3) is 0 Å². The van der Waals surface area contributed by atoms with Gasteiger partial charge in [-0.05, 0) is 53.3 Å². The van der Waals surface area contributed by atoms with Gasteiger partial charge in [-0.3, -0.25) is 4.98 Å². The Kier molecular flexibility index (Phi) is 11.0. The molecule has 0 fully saturated rings. The number of nitrogens with one attached hydrogen (secondary N) is 1. The number of benzene rings is 2. The molecule has 0 aliphatic rings. The van der Waals surface area contributed by atoms with E-state index >= 15 is 0 Å². The van der Waals surface area contributed by atoms with E-state index in [9.17, 15) is 18.3 Å². The molecule has 39 heavy (non-hydrogen) atoms. The summed E-state index contributed by atoms with van der Waals surface area (Å²) in [6, 6.07) is 17.8. The van der Waals surface area contributed by atoms with Crippen molar-refractivity contribution in [2.45, 2.75) is 43.9 Å². The third-order valence-electron chi connectivity index (χ3n) is 5.87. The number of hydrogen-bond acceptors (Lipinski definition) is 8. The van der Waals surface area contributed by atoms with Gasteiger partial charge in [0.05, 0.1) is 23.3 Å². The number of pyridine rings is 1. The molecule has 0 bridgehead atoms. The lowest BCUT2D eigenvalue weighted by atomic mass is 10.0. The Morgan fingerprint density at radius 1 is 1.03 bits per heavy atom. The van der Waals surface area contributed by atoms with Gasteiger partial charge in [0, 0.05) is 25.5 Å². The number of alkyl carbamates (subject to hydrolysis) is 1. The predicted molar refractivity (Wildman–Crippen MR) is 147 cm³/mol. The summed E-state index contributed by atoms with van der Waals surface area (Å²) in [6.07, 6.45) is 2.67. The van der Waals surface area contributed by atoms with Crippen molar-refractivity contribution in [3.05, 3.63) is 95.8 Å². The smallest absolute Gasteiger partial charge is 0.407 e. The van der Waals surface area contributed by atoms with E-state index < -0.39 is 28.3 Å². The van der Waals surface area contributed by atoms with Crippen LogP contribution in [0.3, 0.4) is 0 Å². The van der Waals surface area contributed by atoms with Gasteiger partial charge in [-0.1, -0.05) is 61.5 Å². The molecule has 3 N–H and O–H groups in total. The summed E-state index contributed by atoms with van der Waals surface area (Å²) in [5.74, 6) is -0.0290. The van der Waals surface area contributed by atoms with Crippen LogP contribution in [0.5, 0.6) is 0 Å². The topological polar surface area (TPSA) is 141 Å². The zero-order valence-electron chi connectivity index (χ0n) is 21.9. The fourth-order valence-electron chi connectivity index (χ4n) is 3.93. The molecule has 0 radical (unpaired) electrons. The number of aliphatic hydroxyl groups is 1. The molecule has 10 nitrogen and oxygen atoms in total. The Bertz CT molecular complexity index is 1300. The maximum atomic E-state index is 13.5. The predicted octanol–water partition coefficient (Wildman–Crippen LogP) is 3.44. The summed E-state index contributed by atoms with van der Waals surface area (Å²) in [4.78, 5) is 16.6. The van der Waals surface area contributed by atoms with E-state index in [2.05, 4.69) is 15.5 Å². The minimum Gasteiger partial charge on any atom is -0.445 e. The van der Waals surface area contributed by atoms with Gasteiger partial charge >= 0.3 is 6.09 Å². The van der Waals surface area contributed by atoms with Gasteiger partial charge in [0.15, 0.2) is 0 Å². The molecule has 1 aromatic heterocycles. The largest absolute Gasteiger partial charge is 0.445 e. The minimum atomic E-state index is -3.99. The number of nitrogens with zero attached hydrogens (tertiary/aromatic N) is 3. The third-order valence-corrected chi connectivity index (χ3v) is 7.72. The quantitative estimate of drug-likeness (QED) is 0.167. The monoisotopic (exact) mass is 554 g/mol. The van der Waals surface area contributed by atoms with E-state index in [1.165, 1.54) is 34.8 Å². The van der Waals surface area contributed by atoms with Crippen molar-refractivity contribution in [3.63, 3.8) is 0 Å². The van der Waals surface area contributed by atoms with E-state index in [0.29, 0.717) is 5.56 Å². The summed E-state index contributed by atoms with van der Waals surface area (Å²) < 4.78 is 33.7. The molecule has 2 atom stereocenters. The van der Waals surface area contributed by atoms with Crippen LogP contribution in [-0.2, 0) is 27.8 Å². The molecule has 0 spiro atoms. The van der Waals surface area contributed by atoms with Crippen molar-refractivity contribution in [3.8, 4) is 0 Å². The molecule has 0 saturated carbocycles. The second-order valence-corrected chi connectivity index (χ2v) is 11.4. The minimum absolute atomic E-state index is 0.0212. The van der Waals surface area contributed by atoms with Crippen molar-refractivity contribution in [2.75, 3.05) is 13.1 Å². The Balaban J connectivity index is 1.80. The highest BCUT2D eigenvalue weighted by atomic mass is 32.2. The summed E-state index contributed by atoms with van der Waals surface area (Å²) >= 11 is 0. The van der Waals surface area contributed by atoms with Crippen LogP contribution in [0.2, 0.25) is 0 Å². The average molecular weight is 555 g/mol. The lowest BCUT2D eigenvalue weighted by Crippen LogP contribution is -2.51. The first-order chi connectivity index (χ1) is 18.7. The molecular weight excluding hydrogens is 520 g/mol. The van der Waals surface area contributed by atoms with Crippen molar-refractivity contribution < 1.29 is 28.3 Å². The summed E-state index contributed by atoms with van der Waals surface area (Å²) in [5, 5.41) is 25.7. The number of sulfonamides is 1. The first-order valence-corrected chi connectivity index (χ1v) is 13.9. The first kappa shape index (κ1) is 29.8. The highest BCUT2D eigenvalue weighted by molar-refractivity contribution is 7.89. The van der Waals surface area contributed by atoms with E-state index in [1.54, 1.807) is 24.5 Å². The SMILES string of the molecule is CC(C)CN(C[C@@H](O)[C@H](Cc1ccccc1)NC(=O)OCc1ccncc1)S(=O)(=O)c1ccc(/C=N/O)cc1. The van der Waals surface area contributed by atoms with Gasteiger partial charge in [-0.2, -0.15) is 4.31 Å². The molecule has 0 saturated heterocycles. The lowest BCUT2D eigenvalue weighted by Gasteiger charge is -2.30. The number of hydrogen-bond donors (Lipinski definition) is 3. The number of amides is 1. The number of carbonyl (C=O) groups is 1. The van der Waals surface area contributed by atoms with E-state index in [0.717, 1.165) is 11.1 Å². The summed E-state index contributed by atoms with van der Waals surface area (Å²) in [6.45, 7) is 3.69. The highest BCUT2D eigenvalue weighted by Crippen LogP contribution is 2.20. The molecule has 2 aromatic carbocycles. The van der Waals surface area contributed by atoms with Crippen molar-refractivity contribution in [1.29, 1.82) is 0 Å². The van der Waals surface area contributed by atoms with Crippen LogP contribution in [0.15, 0.2) is 89.2 Å². The molecule has 208 valence electrons. The summed E-state index contributed by atoms with van der Waals surface area (Å²) in [7, 11) is -3.99. The Morgan fingerprint density at radius 2 is 1.69 bits per heavy atom. The van der Waals surface area contributed by atoms with Crippen LogP contribution in [0, 0.1) is 5.92 Å². The zero-order valence-corrected chi connectivity index (χ0v) is 22.7. The third kappa shape index (κ3) is 9.17. The highest BCUT2D eigenvalue weighted by Gasteiger charge is 2.31. The fourth-order valence-corrected chi connectivity index (χ4v) is 5.55. The molecule has 0 aliphatic heterocycles. The fraction of sp³-hybridized carbons (Fsp3) is 0.321. The van der Waals surface area contributed by atoms with Gasteiger partial charge in [0.2, 0.25) is 10.0 Å². The molecule has 1 heterocycles. The molecule has 1 amide bonds. The van der Waals surface area contributed by atoms with E-state index in [-0.39, 0.29) is 36.9 Å². The van der Waals surface area contributed by atoms with E-state index in [4.69, 9.17) is 9.94 Å². The number of rotatable bonds is 13. The summed E-state index contributed by atoms with van der Waals surface area (Å²) in [5.41, 5.74) is 2.14. The maximum Gasteiger partial charge on any atom is 0.407 e.